The minimum absolute atomic E-state index is 0.354. The summed E-state index contributed by atoms with van der Waals surface area (Å²) in [6, 6.07) is 5.86. The van der Waals surface area contributed by atoms with Crippen molar-refractivity contribution in [3.63, 3.8) is 0 Å². The Morgan fingerprint density at radius 2 is 2.32 bits per heavy atom. The molecule has 112 valence electrons. The van der Waals surface area contributed by atoms with Crippen LogP contribution in [0.2, 0.25) is 0 Å². The van der Waals surface area contributed by atoms with Crippen LogP contribution in [-0.2, 0) is 9.53 Å². The van der Waals surface area contributed by atoms with Gasteiger partial charge in [0, 0.05) is 35.1 Å². The van der Waals surface area contributed by atoms with Crippen LogP contribution in [0.15, 0.2) is 36.7 Å². The van der Waals surface area contributed by atoms with E-state index < -0.39 is 0 Å². The van der Waals surface area contributed by atoms with E-state index in [4.69, 9.17) is 4.74 Å². The van der Waals surface area contributed by atoms with Crippen LogP contribution in [0.3, 0.4) is 0 Å². The molecule has 0 spiro atoms. The summed E-state index contributed by atoms with van der Waals surface area (Å²) in [5.41, 5.74) is 2.52. The number of nitrogens with one attached hydrogen (secondary N) is 1. The number of aryl methyl sites for hydroxylation is 1. The Morgan fingerprint density at radius 1 is 1.45 bits per heavy atom. The smallest absolute Gasteiger partial charge is 0.330 e. The number of aromatic nitrogens is 4. The Labute approximate surface area is 127 Å². The number of carbonyl (C=O) groups excluding carboxylic acids is 1. The fourth-order valence-electron chi connectivity index (χ4n) is 2.29. The minimum atomic E-state index is -0.371. The van der Waals surface area contributed by atoms with Crippen molar-refractivity contribution in [3.8, 4) is 5.82 Å². The molecule has 6 nitrogen and oxygen atoms in total. The molecule has 3 aromatic heterocycles. The number of fused-ring (bicyclic) bond motifs is 1. The van der Waals surface area contributed by atoms with E-state index in [0.29, 0.717) is 12.4 Å². The van der Waals surface area contributed by atoms with Crippen molar-refractivity contribution in [2.24, 2.45) is 0 Å². The second-order valence-electron chi connectivity index (χ2n) is 4.77. The predicted octanol–water partition coefficient (Wildman–Crippen LogP) is 2.63. The molecular formula is C16H16N4O2. The normalized spacial score (nSPS) is 11.4. The highest BCUT2D eigenvalue weighted by molar-refractivity contribution is 5.88. The maximum Gasteiger partial charge on any atom is 0.330 e. The van der Waals surface area contributed by atoms with Gasteiger partial charge in [-0.25, -0.2) is 9.78 Å². The van der Waals surface area contributed by atoms with Gasteiger partial charge in [0.25, 0.3) is 0 Å². The largest absolute Gasteiger partial charge is 0.463 e. The molecule has 0 bridgehead atoms. The molecule has 0 radical (unpaired) electrons. The third kappa shape index (κ3) is 2.50. The summed E-state index contributed by atoms with van der Waals surface area (Å²) in [4.78, 5) is 15.9. The molecular weight excluding hydrogens is 280 g/mol. The predicted molar refractivity (Wildman–Crippen MR) is 83.6 cm³/mol. The molecule has 0 aliphatic rings. The molecule has 6 heteroatoms. The van der Waals surface area contributed by atoms with Crippen LogP contribution in [0.5, 0.6) is 0 Å². The van der Waals surface area contributed by atoms with Crippen LogP contribution in [0.25, 0.3) is 22.9 Å². The highest BCUT2D eigenvalue weighted by Gasteiger charge is 2.13. The number of hydrogen-bond acceptors (Lipinski definition) is 4. The summed E-state index contributed by atoms with van der Waals surface area (Å²) in [7, 11) is 0. The SMILES string of the molecule is CCOC(=O)/C=C/c1c(-n2ccc3cccnc32)n[nH]c1C. The van der Waals surface area contributed by atoms with E-state index in [0.717, 1.165) is 22.3 Å². The Bertz CT molecular complexity index is 845. The zero-order valence-electron chi connectivity index (χ0n) is 12.4. The molecule has 0 unspecified atom stereocenters. The van der Waals surface area contributed by atoms with Crippen LogP contribution in [0.1, 0.15) is 18.2 Å². The van der Waals surface area contributed by atoms with E-state index in [-0.39, 0.29) is 5.97 Å². The highest BCUT2D eigenvalue weighted by Crippen LogP contribution is 2.22. The molecule has 0 atom stereocenters. The Morgan fingerprint density at radius 3 is 3.14 bits per heavy atom. The number of nitrogens with zero attached hydrogens (tertiary/aromatic N) is 3. The summed E-state index contributed by atoms with van der Waals surface area (Å²) >= 11 is 0. The van der Waals surface area contributed by atoms with Gasteiger partial charge < -0.3 is 4.74 Å². The van der Waals surface area contributed by atoms with Crippen molar-refractivity contribution in [3.05, 3.63) is 47.9 Å². The van der Waals surface area contributed by atoms with Crippen molar-refractivity contribution in [1.82, 2.24) is 19.7 Å². The van der Waals surface area contributed by atoms with Crippen molar-refractivity contribution in [1.29, 1.82) is 0 Å². The van der Waals surface area contributed by atoms with Crippen molar-refractivity contribution >= 4 is 23.1 Å². The molecule has 22 heavy (non-hydrogen) atoms. The van der Waals surface area contributed by atoms with Crippen LogP contribution in [0, 0.1) is 6.92 Å². The lowest BCUT2D eigenvalue weighted by atomic mass is 10.2. The van der Waals surface area contributed by atoms with Crippen LogP contribution in [-0.4, -0.2) is 32.3 Å². The average Bonchev–Trinajstić information content (AvgIpc) is 3.09. The first-order valence-corrected chi connectivity index (χ1v) is 7.03. The summed E-state index contributed by atoms with van der Waals surface area (Å²) in [5, 5.41) is 8.30. The number of esters is 1. The molecule has 0 fully saturated rings. The van der Waals surface area contributed by atoms with Gasteiger partial charge in [0.1, 0.15) is 5.65 Å². The van der Waals surface area contributed by atoms with Crippen molar-refractivity contribution < 1.29 is 9.53 Å². The Kier molecular flexibility index (Phi) is 3.74. The lowest BCUT2D eigenvalue weighted by Gasteiger charge is -2.02. The molecule has 0 aliphatic heterocycles. The van der Waals surface area contributed by atoms with Gasteiger partial charge in [-0.05, 0) is 38.1 Å². The number of carbonyl (C=O) groups is 1. The molecule has 0 saturated carbocycles. The van der Waals surface area contributed by atoms with Crippen molar-refractivity contribution in [2.75, 3.05) is 6.61 Å². The fraction of sp³-hybridized carbons (Fsp3) is 0.188. The molecule has 0 aromatic carbocycles. The van der Waals surface area contributed by atoms with Gasteiger partial charge in [-0.3, -0.25) is 9.67 Å². The lowest BCUT2D eigenvalue weighted by Crippen LogP contribution is -2.00. The maximum atomic E-state index is 11.5. The molecule has 3 heterocycles. The van der Waals surface area contributed by atoms with Gasteiger partial charge in [0.2, 0.25) is 0 Å². The van der Waals surface area contributed by atoms with Crippen molar-refractivity contribution in [2.45, 2.75) is 13.8 Å². The molecule has 3 aromatic rings. The number of hydrogen-bond donors (Lipinski definition) is 1. The summed E-state index contributed by atoms with van der Waals surface area (Å²) < 4.78 is 6.80. The number of rotatable bonds is 4. The van der Waals surface area contributed by atoms with E-state index in [1.165, 1.54) is 6.08 Å². The van der Waals surface area contributed by atoms with Crippen LogP contribution < -0.4 is 0 Å². The standard InChI is InChI=1S/C16H16N4O2/c1-3-22-14(21)7-6-13-11(2)18-19-16(13)20-10-8-12-5-4-9-17-15(12)20/h4-10H,3H2,1-2H3,(H,18,19)/b7-6+. The van der Waals surface area contributed by atoms with Gasteiger partial charge >= 0.3 is 5.97 Å². The third-order valence-electron chi connectivity index (χ3n) is 3.32. The van der Waals surface area contributed by atoms with Crippen LogP contribution >= 0.6 is 0 Å². The molecule has 0 aliphatic carbocycles. The summed E-state index contributed by atoms with van der Waals surface area (Å²) in [5.74, 6) is 0.330. The van der Waals surface area contributed by atoms with Gasteiger partial charge in [0.15, 0.2) is 5.82 Å². The first kappa shape index (κ1) is 14.1. The third-order valence-corrected chi connectivity index (χ3v) is 3.32. The number of H-pyrrole nitrogens is 1. The van der Waals surface area contributed by atoms with E-state index in [9.17, 15) is 4.79 Å². The highest BCUT2D eigenvalue weighted by atomic mass is 16.5. The second-order valence-corrected chi connectivity index (χ2v) is 4.77. The zero-order chi connectivity index (χ0) is 15.5. The van der Waals surface area contributed by atoms with Gasteiger partial charge in [0.05, 0.1) is 6.61 Å². The Hall–Kier alpha value is -2.89. The quantitative estimate of drug-likeness (QED) is 0.593. The second kappa shape index (κ2) is 5.85. The van der Waals surface area contributed by atoms with E-state index >= 15 is 0 Å². The lowest BCUT2D eigenvalue weighted by molar-refractivity contribution is -0.137. The van der Waals surface area contributed by atoms with Gasteiger partial charge in [-0.15, -0.1) is 0 Å². The fourth-order valence-corrected chi connectivity index (χ4v) is 2.29. The first-order chi connectivity index (χ1) is 10.7. The zero-order valence-corrected chi connectivity index (χ0v) is 12.4. The number of ether oxygens (including phenoxy) is 1. The molecule has 0 saturated heterocycles. The van der Waals surface area contributed by atoms with E-state index in [1.54, 1.807) is 19.2 Å². The van der Waals surface area contributed by atoms with E-state index in [2.05, 4.69) is 15.2 Å². The maximum absolute atomic E-state index is 11.5. The molecule has 0 amide bonds. The summed E-state index contributed by atoms with van der Waals surface area (Å²) in [6.07, 6.45) is 6.77. The van der Waals surface area contributed by atoms with Gasteiger partial charge in [-0.1, -0.05) is 0 Å². The topological polar surface area (TPSA) is 72.8 Å². The monoisotopic (exact) mass is 296 g/mol. The average molecular weight is 296 g/mol. The number of aromatic amines is 1. The van der Waals surface area contributed by atoms with E-state index in [1.807, 2.05) is 35.9 Å². The molecule has 3 rings (SSSR count). The minimum Gasteiger partial charge on any atom is -0.463 e. The first-order valence-electron chi connectivity index (χ1n) is 7.03. The summed E-state index contributed by atoms with van der Waals surface area (Å²) in [6.45, 7) is 4.03. The van der Waals surface area contributed by atoms with Crippen LogP contribution in [0.4, 0.5) is 0 Å². The number of pyridine rings is 1. The Balaban J connectivity index is 2.04. The molecule has 1 N–H and O–H groups in total. The van der Waals surface area contributed by atoms with Gasteiger partial charge in [-0.2, -0.15) is 5.10 Å².